The third-order valence-corrected chi connectivity index (χ3v) is 4.39. The molecule has 1 aliphatic carbocycles. The molecule has 5 heteroatoms. The fraction of sp³-hybridized carbons (Fsp3) is 0.917. The first-order valence-corrected chi connectivity index (χ1v) is 6.35. The van der Waals surface area contributed by atoms with Crippen molar-refractivity contribution in [3.8, 4) is 0 Å². The number of carbonyl (C=O) groups is 1. The molecule has 0 radical (unpaired) electrons. The summed E-state index contributed by atoms with van der Waals surface area (Å²) >= 11 is 0. The number of likely N-dealkylation sites (N-methyl/N-ethyl adjacent to an activating group) is 1. The summed E-state index contributed by atoms with van der Waals surface area (Å²) in [5, 5.41) is 9.12. The third-order valence-electron chi connectivity index (χ3n) is 4.39. The van der Waals surface area contributed by atoms with Gasteiger partial charge in [-0.25, -0.2) is 0 Å². The minimum absolute atomic E-state index is 0.362. The first kappa shape index (κ1) is 12.8. The van der Waals surface area contributed by atoms with E-state index in [1.807, 2.05) is 0 Å². The molecule has 0 aromatic rings. The lowest BCUT2D eigenvalue weighted by Crippen LogP contribution is -2.47. The molecule has 3 atom stereocenters. The minimum Gasteiger partial charge on any atom is -0.480 e. The van der Waals surface area contributed by atoms with Gasteiger partial charge in [-0.1, -0.05) is 0 Å². The van der Waals surface area contributed by atoms with Crippen LogP contribution in [-0.4, -0.2) is 65.7 Å². The largest absolute Gasteiger partial charge is 0.480 e. The molecule has 1 heterocycles. The molecule has 1 saturated carbocycles. The van der Waals surface area contributed by atoms with Crippen LogP contribution in [0.15, 0.2) is 0 Å². The predicted molar refractivity (Wildman–Crippen MR) is 65.9 cm³/mol. The van der Waals surface area contributed by atoms with Crippen molar-refractivity contribution < 1.29 is 9.90 Å². The number of nitrogens with two attached hydrogens (primary N) is 1. The molecule has 0 bridgehead atoms. The van der Waals surface area contributed by atoms with Crippen LogP contribution in [0.4, 0.5) is 0 Å². The van der Waals surface area contributed by atoms with Crippen molar-refractivity contribution in [1.29, 1.82) is 0 Å². The Morgan fingerprint density at radius 2 is 2.18 bits per heavy atom. The molecule has 0 aromatic carbocycles. The van der Waals surface area contributed by atoms with Crippen molar-refractivity contribution in [3.63, 3.8) is 0 Å². The Hall–Kier alpha value is -0.650. The third kappa shape index (κ3) is 2.46. The van der Waals surface area contributed by atoms with Gasteiger partial charge in [0.15, 0.2) is 0 Å². The normalized spacial score (nSPS) is 39.1. The molecule has 0 amide bonds. The van der Waals surface area contributed by atoms with E-state index >= 15 is 0 Å². The molecule has 17 heavy (non-hydrogen) atoms. The Morgan fingerprint density at radius 1 is 1.47 bits per heavy atom. The maximum absolute atomic E-state index is 11.1. The Morgan fingerprint density at radius 3 is 2.65 bits per heavy atom. The molecule has 5 nitrogen and oxygen atoms in total. The summed E-state index contributed by atoms with van der Waals surface area (Å²) < 4.78 is 0. The molecule has 2 fully saturated rings. The van der Waals surface area contributed by atoms with Gasteiger partial charge in [0.1, 0.15) is 5.54 Å². The van der Waals surface area contributed by atoms with Crippen LogP contribution >= 0.6 is 0 Å². The number of carboxylic acid groups (broad SMARTS) is 1. The second-order valence-corrected chi connectivity index (χ2v) is 5.76. The Bertz CT molecular complexity index is 308. The number of likely N-dealkylation sites (tertiary alicyclic amines) is 1. The van der Waals surface area contributed by atoms with Crippen molar-refractivity contribution in [2.24, 2.45) is 5.73 Å². The van der Waals surface area contributed by atoms with Crippen LogP contribution in [-0.2, 0) is 4.79 Å². The first-order chi connectivity index (χ1) is 7.92. The van der Waals surface area contributed by atoms with Gasteiger partial charge < -0.3 is 15.7 Å². The number of aliphatic carboxylic acids is 1. The van der Waals surface area contributed by atoms with Crippen LogP contribution in [0.3, 0.4) is 0 Å². The van der Waals surface area contributed by atoms with E-state index in [0.29, 0.717) is 24.9 Å². The van der Waals surface area contributed by atoms with Crippen LogP contribution in [0.1, 0.15) is 25.7 Å². The molecule has 0 aromatic heterocycles. The van der Waals surface area contributed by atoms with Crippen LogP contribution in [0.25, 0.3) is 0 Å². The smallest absolute Gasteiger partial charge is 0.323 e. The molecule has 3 unspecified atom stereocenters. The summed E-state index contributed by atoms with van der Waals surface area (Å²) in [6.45, 7) is 2.12. The molecule has 1 saturated heterocycles. The van der Waals surface area contributed by atoms with E-state index in [0.717, 1.165) is 19.5 Å². The average molecular weight is 241 g/mol. The van der Waals surface area contributed by atoms with Gasteiger partial charge in [0, 0.05) is 25.2 Å². The van der Waals surface area contributed by atoms with E-state index in [9.17, 15) is 4.79 Å². The first-order valence-electron chi connectivity index (χ1n) is 6.35. The summed E-state index contributed by atoms with van der Waals surface area (Å²) in [7, 11) is 4.21. The minimum atomic E-state index is -0.985. The molecule has 98 valence electrons. The van der Waals surface area contributed by atoms with Crippen LogP contribution < -0.4 is 5.73 Å². The fourth-order valence-corrected chi connectivity index (χ4v) is 3.08. The van der Waals surface area contributed by atoms with E-state index in [1.54, 1.807) is 0 Å². The van der Waals surface area contributed by atoms with Crippen molar-refractivity contribution in [1.82, 2.24) is 9.80 Å². The maximum atomic E-state index is 11.1. The van der Waals surface area contributed by atoms with E-state index in [4.69, 9.17) is 10.8 Å². The Kier molecular flexibility index (Phi) is 3.43. The average Bonchev–Trinajstić information content (AvgIpc) is 2.84. The monoisotopic (exact) mass is 241 g/mol. The van der Waals surface area contributed by atoms with E-state index in [-0.39, 0.29) is 0 Å². The molecule has 2 aliphatic rings. The van der Waals surface area contributed by atoms with Gasteiger partial charge in [-0.3, -0.25) is 9.69 Å². The standard InChI is InChI=1S/C12H23N3O2/c1-14(2)10-4-6-15(8-10)9-3-5-12(13,7-9)11(16)17/h9-10H,3-8,13H2,1-2H3,(H,16,17). The lowest BCUT2D eigenvalue weighted by Gasteiger charge is -2.26. The SMILES string of the molecule is CN(C)C1CCN(C2CCC(N)(C(=O)O)C2)C1. The summed E-state index contributed by atoms with van der Waals surface area (Å²) in [6, 6.07) is 0.966. The van der Waals surface area contributed by atoms with Crippen LogP contribution in [0.5, 0.6) is 0 Å². The highest BCUT2D eigenvalue weighted by molar-refractivity contribution is 5.79. The topological polar surface area (TPSA) is 69.8 Å². The molecule has 1 aliphatic heterocycles. The zero-order valence-corrected chi connectivity index (χ0v) is 10.7. The van der Waals surface area contributed by atoms with E-state index in [1.165, 1.54) is 6.42 Å². The van der Waals surface area contributed by atoms with Crippen LogP contribution in [0.2, 0.25) is 0 Å². The van der Waals surface area contributed by atoms with Gasteiger partial charge in [-0.05, 0) is 39.8 Å². The molecule has 3 N–H and O–H groups in total. The zero-order valence-electron chi connectivity index (χ0n) is 10.7. The quantitative estimate of drug-likeness (QED) is 0.725. The summed E-state index contributed by atoms with van der Waals surface area (Å²) in [4.78, 5) is 15.8. The van der Waals surface area contributed by atoms with Gasteiger partial charge in [-0.2, -0.15) is 0 Å². The zero-order chi connectivity index (χ0) is 12.6. The second kappa shape index (κ2) is 4.55. The highest BCUT2D eigenvalue weighted by Crippen LogP contribution is 2.33. The Labute approximate surface area is 103 Å². The lowest BCUT2D eigenvalue weighted by atomic mass is 9.99. The van der Waals surface area contributed by atoms with Gasteiger partial charge in [-0.15, -0.1) is 0 Å². The predicted octanol–water partition coefficient (Wildman–Crippen LogP) is -0.0431. The lowest BCUT2D eigenvalue weighted by molar-refractivity contribution is -0.143. The second-order valence-electron chi connectivity index (χ2n) is 5.76. The van der Waals surface area contributed by atoms with Gasteiger partial charge in [0.25, 0.3) is 0 Å². The highest BCUT2D eigenvalue weighted by atomic mass is 16.4. The highest BCUT2D eigenvalue weighted by Gasteiger charge is 2.45. The number of nitrogens with zero attached hydrogens (tertiary/aromatic N) is 2. The molecule has 2 rings (SSSR count). The van der Waals surface area contributed by atoms with E-state index in [2.05, 4.69) is 23.9 Å². The van der Waals surface area contributed by atoms with Crippen LogP contribution in [0, 0.1) is 0 Å². The number of carboxylic acids is 1. The van der Waals surface area contributed by atoms with E-state index < -0.39 is 11.5 Å². The van der Waals surface area contributed by atoms with Crippen molar-refractivity contribution in [3.05, 3.63) is 0 Å². The summed E-state index contributed by atoms with van der Waals surface area (Å²) in [5.74, 6) is -0.844. The summed E-state index contributed by atoms with van der Waals surface area (Å²) in [6.07, 6.45) is 3.30. The molecular formula is C12H23N3O2. The van der Waals surface area contributed by atoms with Gasteiger partial charge in [0.05, 0.1) is 0 Å². The summed E-state index contributed by atoms with van der Waals surface area (Å²) in [5.41, 5.74) is 4.93. The van der Waals surface area contributed by atoms with Gasteiger partial charge >= 0.3 is 5.97 Å². The molecular weight excluding hydrogens is 218 g/mol. The van der Waals surface area contributed by atoms with Crippen molar-refractivity contribution in [2.75, 3.05) is 27.2 Å². The van der Waals surface area contributed by atoms with Crippen molar-refractivity contribution >= 4 is 5.97 Å². The van der Waals surface area contributed by atoms with Crippen molar-refractivity contribution in [2.45, 2.75) is 43.3 Å². The maximum Gasteiger partial charge on any atom is 0.323 e. The number of rotatable bonds is 3. The van der Waals surface area contributed by atoms with Gasteiger partial charge in [0.2, 0.25) is 0 Å². The Balaban J connectivity index is 1.92. The molecule has 0 spiro atoms. The fourth-order valence-electron chi connectivity index (χ4n) is 3.08. The number of hydrogen-bond acceptors (Lipinski definition) is 4. The number of hydrogen-bond donors (Lipinski definition) is 2.